The number of nitrogens with zero attached hydrogens (tertiary/aromatic N) is 1. The third-order valence-corrected chi connectivity index (χ3v) is 8.06. The maximum absolute atomic E-state index is 13.1. The average Bonchev–Trinajstić information content (AvgIpc) is 3.16. The first kappa shape index (κ1) is 29.0. The van der Waals surface area contributed by atoms with Gasteiger partial charge in [-0.15, -0.1) is 0 Å². The summed E-state index contributed by atoms with van der Waals surface area (Å²) < 4.78 is 39.3. The third kappa shape index (κ3) is 7.40. The van der Waals surface area contributed by atoms with Crippen LogP contribution in [-0.4, -0.2) is 41.4 Å². The van der Waals surface area contributed by atoms with Gasteiger partial charge < -0.3 is 16.0 Å². The van der Waals surface area contributed by atoms with E-state index in [-0.39, 0.29) is 36.2 Å². The summed E-state index contributed by atoms with van der Waals surface area (Å²) in [6.45, 7) is 1.02. The standard InChI is InChI=1S/C31H32ClF3N4O2/c32-22-10-8-20(9-11-22)19-39-25-12-13-26(39)18-24(17-25)38-29(40)14-15-36-30(41)27-6-1-2-7-28(27)37-23-5-3-4-21(16-23)31(33,34)35/h1-11,16,24-26,37H,12-15,17-19H2,(H,36,41)(H,38,40)/t25-,26-/m0/s1. The molecule has 0 saturated carbocycles. The van der Waals surface area contributed by atoms with Crippen LogP contribution in [0.25, 0.3) is 0 Å². The molecule has 2 heterocycles. The van der Waals surface area contributed by atoms with Crippen molar-refractivity contribution in [3.05, 3.63) is 94.5 Å². The van der Waals surface area contributed by atoms with Crippen molar-refractivity contribution < 1.29 is 22.8 Å². The van der Waals surface area contributed by atoms with Gasteiger partial charge in [-0.2, -0.15) is 13.2 Å². The number of piperidine rings is 1. The van der Waals surface area contributed by atoms with Gasteiger partial charge in [0.05, 0.1) is 16.8 Å². The number of nitrogens with one attached hydrogen (secondary N) is 3. The number of carbonyl (C=O) groups is 2. The molecule has 10 heteroatoms. The van der Waals surface area contributed by atoms with Crippen LogP contribution in [-0.2, 0) is 17.5 Å². The summed E-state index contributed by atoms with van der Waals surface area (Å²) in [6.07, 6.45) is -0.296. The topological polar surface area (TPSA) is 73.5 Å². The van der Waals surface area contributed by atoms with Gasteiger partial charge in [0, 0.05) is 48.3 Å². The molecule has 5 rings (SSSR count). The zero-order valence-electron chi connectivity index (χ0n) is 22.4. The highest BCUT2D eigenvalue weighted by molar-refractivity contribution is 6.30. The van der Waals surface area contributed by atoms with Crippen LogP contribution >= 0.6 is 11.6 Å². The molecule has 2 aliphatic rings. The summed E-state index contributed by atoms with van der Waals surface area (Å²) in [5, 5.41) is 9.54. The van der Waals surface area contributed by atoms with Crippen molar-refractivity contribution in [1.82, 2.24) is 15.5 Å². The zero-order valence-corrected chi connectivity index (χ0v) is 23.1. The Kier molecular flexibility index (Phi) is 8.85. The molecule has 2 atom stereocenters. The van der Waals surface area contributed by atoms with E-state index >= 15 is 0 Å². The lowest BCUT2D eigenvalue weighted by Crippen LogP contribution is -2.50. The number of anilines is 2. The van der Waals surface area contributed by atoms with Gasteiger partial charge in [0.25, 0.3) is 5.91 Å². The second-order valence-corrected chi connectivity index (χ2v) is 11.1. The number of benzene rings is 3. The molecule has 2 amide bonds. The van der Waals surface area contributed by atoms with Crippen molar-refractivity contribution >= 4 is 34.8 Å². The third-order valence-electron chi connectivity index (χ3n) is 7.81. The number of fused-ring (bicyclic) bond motifs is 2. The molecule has 216 valence electrons. The first-order valence-corrected chi connectivity index (χ1v) is 14.1. The Hall–Kier alpha value is -3.56. The van der Waals surface area contributed by atoms with E-state index in [0.717, 1.165) is 49.4 Å². The average molecular weight is 585 g/mol. The van der Waals surface area contributed by atoms with Crippen LogP contribution in [0.15, 0.2) is 72.8 Å². The van der Waals surface area contributed by atoms with Crippen molar-refractivity contribution in [1.29, 1.82) is 0 Å². The zero-order chi connectivity index (χ0) is 29.0. The number of rotatable bonds is 9. The maximum Gasteiger partial charge on any atom is 0.416 e. The predicted octanol–water partition coefficient (Wildman–Crippen LogP) is 6.53. The van der Waals surface area contributed by atoms with Gasteiger partial charge in [0.1, 0.15) is 0 Å². The summed E-state index contributed by atoms with van der Waals surface area (Å²) in [5.41, 5.74) is 1.31. The summed E-state index contributed by atoms with van der Waals surface area (Å²) in [4.78, 5) is 28.1. The van der Waals surface area contributed by atoms with Crippen LogP contribution in [0.2, 0.25) is 5.02 Å². The van der Waals surface area contributed by atoms with Crippen molar-refractivity contribution in [3.8, 4) is 0 Å². The molecule has 0 radical (unpaired) electrons. The molecule has 41 heavy (non-hydrogen) atoms. The number of amides is 2. The van der Waals surface area contributed by atoms with E-state index in [1.54, 1.807) is 24.3 Å². The number of para-hydroxylation sites is 1. The normalized spacial score (nSPS) is 20.4. The van der Waals surface area contributed by atoms with E-state index < -0.39 is 17.6 Å². The SMILES string of the molecule is O=C(CCNC(=O)c1ccccc1Nc1cccc(C(F)(F)F)c1)NC1C[C@@H]2CC[C@@H](C1)N2Cc1ccc(Cl)cc1. The molecule has 2 fully saturated rings. The molecule has 3 aromatic rings. The first-order valence-electron chi connectivity index (χ1n) is 13.8. The van der Waals surface area contributed by atoms with Crippen molar-refractivity contribution in [2.75, 3.05) is 11.9 Å². The van der Waals surface area contributed by atoms with Crippen LogP contribution in [0.4, 0.5) is 24.5 Å². The highest BCUT2D eigenvalue weighted by atomic mass is 35.5. The Labute approximate surface area is 242 Å². The second-order valence-electron chi connectivity index (χ2n) is 10.7. The lowest BCUT2D eigenvalue weighted by molar-refractivity contribution is -0.137. The molecule has 3 N–H and O–H groups in total. The van der Waals surface area contributed by atoms with Crippen molar-refractivity contribution in [3.63, 3.8) is 0 Å². The van der Waals surface area contributed by atoms with Gasteiger partial charge in [-0.25, -0.2) is 0 Å². The number of alkyl halides is 3. The summed E-state index contributed by atoms with van der Waals surface area (Å²) in [6, 6.07) is 20.3. The van der Waals surface area contributed by atoms with Crippen molar-refractivity contribution in [2.24, 2.45) is 0 Å². The minimum atomic E-state index is -4.47. The molecule has 0 spiro atoms. The maximum atomic E-state index is 13.1. The van der Waals surface area contributed by atoms with E-state index in [4.69, 9.17) is 11.6 Å². The van der Waals surface area contributed by atoms with Crippen LogP contribution in [0.5, 0.6) is 0 Å². The molecule has 3 aromatic carbocycles. The van der Waals surface area contributed by atoms with Crippen LogP contribution in [0.1, 0.15) is 53.6 Å². The Balaban J connectivity index is 1.10. The molecule has 2 bridgehead atoms. The largest absolute Gasteiger partial charge is 0.416 e. The van der Waals surface area contributed by atoms with Crippen LogP contribution in [0.3, 0.4) is 0 Å². The van der Waals surface area contributed by atoms with Crippen molar-refractivity contribution in [2.45, 2.75) is 63.0 Å². The van der Waals surface area contributed by atoms with Gasteiger partial charge in [-0.05, 0) is 73.7 Å². The Bertz CT molecular complexity index is 1370. The molecular formula is C31H32ClF3N4O2. The number of halogens is 4. The quantitative estimate of drug-likeness (QED) is 0.267. The minimum Gasteiger partial charge on any atom is -0.355 e. The molecule has 0 aromatic heterocycles. The van der Waals surface area contributed by atoms with Gasteiger partial charge in [0.2, 0.25) is 5.91 Å². The Morgan fingerprint density at radius 2 is 1.63 bits per heavy atom. The summed E-state index contributed by atoms with van der Waals surface area (Å²) >= 11 is 6.02. The first-order chi connectivity index (χ1) is 19.7. The lowest BCUT2D eigenvalue weighted by Gasteiger charge is -2.39. The number of hydrogen-bond acceptors (Lipinski definition) is 4. The molecule has 2 saturated heterocycles. The fourth-order valence-electron chi connectivity index (χ4n) is 5.85. The second kappa shape index (κ2) is 12.5. The minimum absolute atomic E-state index is 0.106. The van der Waals surface area contributed by atoms with Gasteiger partial charge in [-0.3, -0.25) is 14.5 Å². The molecule has 2 aliphatic heterocycles. The number of carbonyl (C=O) groups excluding carboxylic acids is 2. The van der Waals surface area contributed by atoms with E-state index in [2.05, 4.69) is 33.0 Å². The Morgan fingerprint density at radius 3 is 2.34 bits per heavy atom. The van der Waals surface area contributed by atoms with Crippen LogP contribution < -0.4 is 16.0 Å². The van der Waals surface area contributed by atoms with Gasteiger partial charge >= 0.3 is 6.18 Å². The lowest BCUT2D eigenvalue weighted by atomic mass is 9.96. The molecule has 6 nitrogen and oxygen atoms in total. The van der Waals surface area contributed by atoms with Gasteiger partial charge in [-0.1, -0.05) is 41.9 Å². The van der Waals surface area contributed by atoms with E-state index in [1.807, 2.05) is 12.1 Å². The smallest absolute Gasteiger partial charge is 0.355 e. The Morgan fingerprint density at radius 1 is 0.927 bits per heavy atom. The van der Waals surface area contributed by atoms with Gasteiger partial charge in [0.15, 0.2) is 0 Å². The van der Waals surface area contributed by atoms with E-state index in [0.29, 0.717) is 17.8 Å². The summed E-state index contributed by atoms with van der Waals surface area (Å²) in [5.74, 6) is -0.530. The highest BCUT2D eigenvalue weighted by Gasteiger charge is 2.40. The highest BCUT2D eigenvalue weighted by Crippen LogP contribution is 2.37. The monoisotopic (exact) mass is 584 g/mol. The predicted molar refractivity (Wildman–Crippen MR) is 153 cm³/mol. The molecular weight excluding hydrogens is 553 g/mol. The van der Waals surface area contributed by atoms with E-state index in [9.17, 15) is 22.8 Å². The van der Waals surface area contributed by atoms with E-state index in [1.165, 1.54) is 17.7 Å². The number of hydrogen-bond donors (Lipinski definition) is 3. The fraction of sp³-hybridized carbons (Fsp3) is 0.355. The summed E-state index contributed by atoms with van der Waals surface area (Å²) in [7, 11) is 0. The molecule has 0 aliphatic carbocycles. The molecule has 0 unspecified atom stereocenters. The van der Waals surface area contributed by atoms with Crippen LogP contribution in [0, 0.1) is 0 Å². The fourth-order valence-corrected chi connectivity index (χ4v) is 5.98.